The molecule has 11 heteroatoms. The van der Waals surface area contributed by atoms with E-state index in [0.29, 0.717) is 22.2 Å². The van der Waals surface area contributed by atoms with Crippen molar-refractivity contribution in [2.75, 3.05) is 11.9 Å². The lowest BCUT2D eigenvalue weighted by Crippen LogP contribution is -2.10. The van der Waals surface area contributed by atoms with E-state index in [-0.39, 0.29) is 12.4 Å². The second kappa shape index (κ2) is 12.5. The van der Waals surface area contributed by atoms with E-state index < -0.39 is 11.7 Å². The second-order valence-electron chi connectivity index (χ2n) is 8.51. The van der Waals surface area contributed by atoms with Gasteiger partial charge in [-0.25, -0.2) is 9.97 Å². The third-order valence-corrected chi connectivity index (χ3v) is 7.57. The van der Waals surface area contributed by atoms with Gasteiger partial charge in [0.25, 0.3) is 0 Å². The Morgan fingerprint density at radius 2 is 1.81 bits per heavy atom. The average Bonchev–Trinajstić information content (AvgIpc) is 3.50. The minimum absolute atomic E-state index is 0.150. The number of halogens is 3. The third kappa shape index (κ3) is 7.26. The van der Waals surface area contributed by atoms with Gasteiger partial charge in [-0.15, -0.1) is 22.7 Å². The maximum atomic E-state index is 13.8. The number of rotatable bonds is 12. The van der Waals surface area contributed by atoms with Gasteiger partial charge in [0.1, 0.15) is 16.5 Å². The summed E-state index contributed by atoms with van der Waals surface area (Å²) in [5.41, 5.74) is 1.67. The van der Waals surface area contributed by atoms with Crippen LogP contribution < -0.4 is 10.1 Å². The first kappa shape index (κ1) is 27.0. The van der Waals surface area contributed by atoms with Crippen LogP contribution in [0.25, 0.3) is 21.3 Å². The van der Waals surface area contributed by atoms with Crippen molar-refractivity contribution in [2.24, 2.45) is 0 Å². The molecule has 3 heterocycles. The molecule has 0 amide bonds. The van der Waals surface area contributed by atoms with E-state index in [1.54, 1.807) is 24.7 Å². The topological polar surface area (TPSA) is 72.8 Å². The normalized spacial score (nSPS) is 11.6. The van der Waals surface area contributed by atoms with Gasteiger partial charge in [0.05, 0.1) is 34.6 Å². The van der Waals surface area contributed by atoms with Gasteiger partial charge in [-0.1, -0.05) is 39.0 Å². The first-order chi connectivity index (χ1) is 17.8. The minimum Gasteiger partial charge on any atom is -0.493 e. The number of nitrogens with one attached hydrogen (secondary N) is 1. The maximum Gasteiger partial charge on any atom is 0.420 e. The fraction of sp³-hybridized carbons (Fsp3) is 0.385. The van der Waals surface area contributed by atoms with Crippen molar-refractivity contribution in [2.45, 2.75) is 58.5 Å². The third-order valence-electron chi connectivity index (χ3n) is 5.61. The number of ether oxygens (including phenoxy) is 1. The number of unbranched alkanes of at least 4 members (excludes halogenated alkanes) is 5. The Hall–Kier alpha value is -3.05. The molecule has 0 saturated carbocycles. The van der Waals surface area contributed by atoms with Crippen molar-refractivity contribution < 1.29 is 17.9 Å². The molecule has 0 saturated heterocycles. The molecular formula is C26H28F3N5OS2. The Morgan fingerprint density at radius 3 is 2.57 bits per heavy atom. The highest BCUT2D eigenvalue weighted by atomic mass is 32.1. The standard InChI is InChI=1S/C26H28F3N5OS2/c1-3-4-5-6-7-8-13-35-22-10-9-18(14-19(22)26(27,28)29)33-25-34-21(16-36-25)23-17(2)32-24(37-23)20-15-30-11-12-31-20/h9-12,14-16H,3-8,13H2,1-2H3,(H,33,34). The number of aromatic nitrogens is 4. The fourth-order valence-electron chi connectivity index (χ4n) is 3.73. The van der Waals surface area contributed by atoms with E-state index in [2.05, 4.69) is 32.2 Å². The first-order valence-electron chi connectivity index (χ1n) is 12.2. The molecule has 4 rings (SSSR count). The van der Waals surface area contributed by atoms with Gasteiger partial charge in [0.2, 0.25) is 0 Å². The summed E-state index contributed by atoms with van der Waals surface area (Å²) in [7, 11) is 0. The lowest BCUT2D eigenvalue weighted by molar-refractivity contribution is -0.138. The Labute approximate surface area is 222 Å². The number of nitrogens with zero attached hydrogens (tertiary/aromatic N) is 4. The monoisotopic (exact) mass is 547 g/mol. The van der Waals surface area contributed by atoms with Crippen molar-refractivity contribution in [1.82, 2.24) is 19.9 Å². The van der Waals surface area contributed by atoms with Crippen molar-refractivity contribution in [1.29, 1.82) is 0 Å². The smallest absolute Gasteiger partial charge is 0.420 e. The molecule has 0 aliphatic rings. The van der Waals surface area contributed by atoms with Crippen molar-refractivity contribution in [3.8, 4) is 27.0 Å². The molecule has 1 aromatic carbocycles. The number of thiazole rings is 2. The summed E-state index contributed by atoms with van der Waals surface area (Å²) in [5, 5.41) is 6.07. The van der Waals surface area contributed by atoms with Gasteiger partial charge < -0.3 is 10.1 Å². The van der Waals surface area contributed by atoms with E-state index in [0.717, 1.165) is 53.7 Å². The van der Waals surface area contributed by atoms with E-state index in [1.165, 1.54) is 35.2 Å². The van der Waals surface area contributed by atoms with Gasteiger partial charge in [-0.05, 0) is 31.5 Å². The summed E-state index contributed by atoms with van der Waals surface area (Å²) < 4.78 is 46.8. The highest BCUT2D eigenvalue weighted by Crippen LogP contribution is 2.40. The van der Waals surface area contributed by atoms with Gasteiger partial charge >= 0.3 is 6.18 Å². The van der Waals surface area contributed by atoms with Crippen LogP contribution in [0.1, 0.15) is 56.7 Å². The van der Waals surface area contributed by atoms with Gasteiger partial charge in [0.15, 0.2) is 5.13 Å². The van der Waals surface area contributed by atoms with E-state index in [9.17, 15) is 13.2 Å². The Kier molecular flexibility index (Phi) is 9.09. The van der Waals surface area contributed by atoms with Crippen LogP contribution in [0.4, 0.5) is 24.0 Å². The van der Waals surface area contributed by atoms with E-state index >= 15 is 0 Å². The molecule has 1 N–H and O–H groups in total. The Morgan fingerprint density at radius 1 is 1.00 bits per heavy atom. The molecule has 4 aromatic rings. The molecule has 0 spiro atoms. The van der Waals surface area contributed by atoms with Crippen LogP contribution in [0.5, 0.6) is 5.75 Å². The summed E-state index contributed by atoms with van der Waals surface area (Å²) in [6.45, 7) is 4.30. The maximum absolute atomic E-state index is 13.8. The summed E-state index contributed by atoms with van der Waals surface area (Å²) >= 11 is 2.76. The van der Waals surface area contributed by atoms with Gasteiger partial charge in [-0.3, -0.25) is 9.97 Å². The SMILES string of the molecule is CCCCCCCCOc1ccc(Nc2nc(-c3sc(-c4cnccn4)nc3C)cs2)cc1C(F)(F)F. The average molecular weight is 548 g/mol. The zero-order valence-corrected chi connectivity index (χ0v) is 22.3. The van der Waals surface area contributed by atoms with E-state index in [4.69, 9.17) is 4.74 Å². The van der Waals surface area contributed by atoms with Crippen LogP contribution in [0.2, 0.25) is 0 Å². The predicted octanol–water partition coefficient (Wildman–Crippen LogP) is 8.53. The quantitative estimate of drug-likeness (QED) is 0.179. The number of anilines is 2. The summed E-state index contributed by atoms with van der Waals surface area (Å²) in [5.74, 6) is -0.150. The Balaban J connectivity index is 1.43. The molecule has 6 nitrogen and oxygen atoms in total. The molecular weight excluding hydrogens is 519 g/mol. The minimum atomic E-state index is -4.53. The van der Waals surface area contributed by atoms with Gasteiger partial charge in [-0.2, -0.15) is 13.2 Å². The lowest BCUT2D eigenvalue weighted by Gasteiger charge is -2.15. The summed E-state index contributed by atoms with van der Waals surface area (Å²) in [4.78, 5) is 18.4. The largest absolute Gasteiger partial charge is 0.493 e. The Bertz CT molecular complexity index is 1290. The van der Waals surface area contributed by atoms with Crippen LogP contribution in [0.3, 0.4) is 0 Å². The number of hydrogen-bond acceptors (Lipinski definition) is 8. The molecule has 0 bridgehead atoms. The molecule has 0 atom stereocenters. The van der Waals surface area contributed by atoms with Crippen LogP contribution in [0, 0.1) is 6.92 Å². The molecule has 37 heavy (non-hydrogen) atoms. The van der Waals surface area contributed by atoms with E-state index in [1.807, 2.05) is 12.3 Å². The van der Waals surface area contributed by atoms with Crippen LogP contribution in [0.15, 0.2) is 42.2 Å². The molecule has 196 valence electrons. The number of benzene rings is 1. The molecule has 0 unspecified atom stereocenters. The summed E-state index contributed by atoms with van der Waals surface area (Å²) in [6.07, 6.45) is 6.57. The highest BCUT2D eigenvalue weighted by Gasteiger charge is 2.35. The highest BCUT2D eigenvalue weighted by molar-refractivity contribution is 7.19. The lowest BCUT2D eigenvalue weighted by atomic mass is 10.1. The van der Waals surface area contributed by atoms with Crippen molar-refractivity contribution in [3.05, 3.63) is 53.4 Å². The van der Waals surface area contributed by atoms with Crippen LogP contribution in [-0.2, 0) is 6.18 Å². The first-order valence-corrected chi connectivity index (χ1v) is 13.9. The predicted molar refractivity (Wildman–Crippen MR) is 143 cm³/mol. The molecule has 0 aliphatic carbocycles. The van der Waals surface area contributed by atoms with Gasteiger partial charge in [0, 0.05) is 23.5 Å². The molecule has 0 fully saturated rings. The molecule has 0 aliphatic heterocycles. The number of hydrogen-bond donors (Lipinski definition) is 1. The number of alkyl halides is 3. The van der Waals surface area contributed by atoms with Crippen molar-refractivity contribution in [3.63, 3.8) is 0 Å². The summed E-state index contributed by atoms with van der Waals surface area (Å²) in [6, 6.07) is 4.02. The zero-order valence-electron chi connectivity index (χ0n) is 20.6. The number of aryl methyl sites for hydroxylation is 1. The zero-order chi connectivity index (χ0) is 26.3. The molecule has 3 aromatic heterocycles. The van der Waals surface area contributed by atoms with Crippen molar-refractivity contribution >= 4 is 33.5 Å². The molecule has 0 radical (unpaired) electrons. The second-order valence-corrected chi connectivity index (χ2v) is 10.4. The van der Waals surface area contributed by atoms with Crippen LogP contribution in [-0.4, -0.2) is 26.5 Å². The fourth-order valence-corrected chi connectivity index (χ4v) is 5.52. The van der Waals surface area contributed by atoms with Crippen LogP contribution >= 0.6 is 22.7 Å².